The van der Waals surface area contributed by atoms with Gasteiger partial charge in [0.1, 0.15) is 0 Å². The number of ether oxygens (including phenoxy) is 1. The van der Waals surface area contributed by atoms with E-state index in [9.17, 15) is 0 Å². The van der Waals surface area contributed by atoms with Crippen LogP contribution < -0.4 is 10.6 Å². The minimum atomic E-state index is 0.539. The summed E-state index contributed by atoms with van der Waals surface area (Å²) >= 11 is 0. The van der Waals surface area contributed by atoms with Crippen molar-refractivity contribution >= 4 is 5.96 Å². The van der Waals surface area contributed by atoms with Gasteiger partial charge in [0.05, 0.1) is 13.2 Å². The van der Waals surface area contributed by atoms with Crippen LogP contribution in [0.2, 0.25) is 0 Å². The first-order chi connectivity index (χ1) is 12.4. The Balaban J connectivity index is 2.31. The molecule has 0 amide bonds. The highest BCUT2D eigenvalue weighted by Crippen LogP contribution is 2.13. The summed E-state index contributed by atoms with van der Waals surface area (Å²) in [5.41, 5.74) is 0. The fourth-order valence-electron chi connectivity index (χ4n) is 3.23. The SMILES string of the molecule is CN=C(NCCCCN(C)C(C)C)NCC(CC(C)C)N1CCOCC1. The summed E-state index contributed by atoms with van der Waals surface area (Å²) in [6.07, 6.45) is 3.57. The molecule has 0 radical (unpaired) electrons. The lowest BCUT2D eigenvalue weighted by atomic mass is 10.0. The monoisotopic (exact) mass is 369 g/mol. The number of rotatable bonds is 11. The van der Waals surface area contributed by atoms with E-state index in [1.54, 1.807) is 0 Å². The van der Waals surface area contributed by atoms with Gasteiger partial charge in [0.2, 0.25) is 0 Å². The molecule has 6 nitrogen and oxygen atoms in total. The molecule has 0 bridgehead atoms. The van der Waals surface area contributed by atoms with Crippen LogP contribution >= 0.6 is 0 Å². The number of unbranched alkanes of at least 4 members (excludes halogenated alkanes) is 1. The van der Waals surface area contributed by atoms with Crippen molar-refractivity contribution in [1.82, 2.24) is 20.4 Å². The summed E-state index contributed by atoms with van der Waals surface area (Å²) in [6, 6.07) is 1.16. The van der Waals surface area contributed by atoms with E-state index in [4.69, 9.17) is 4.74 Å². The molecule has 26 heavy (non-hydrogen) atoms. The molecule has 0 aromatic heterocycles. The van der Waals surface area contributed by atoms with Crippen LogP contribution in [-0.4, -0.2) is 87.9 Å². The molecule has 1 rings (SSSR count). The van der Waals surface area contributed by atoms with E-state index < -0.39 is 0 Å². The summed E-state index contributed by atoms with van der Waals surface area (Å²) < 4.78 is 5.51. The van der Waals surface area contributed by atoms with Crippen LogP contribution in [0, 0.1) is 5.92 Å². The van der Waals surface area contributed by atoms with Gasteiger partial charge in [0, 0.05) is 45.3 Å². The highest BCUT2D eigenvalue weighted by molar-refractivity contribution is 5.79. The van der Waals surface area contributed by atoms with Crippen LogP contribution in [0.15, 0.2) is 4.99 Å². The molecular formula is C20H43N5O. The molecule has 2 N–H and O–H groups in total. The maximum atomic E-state index is 5.51. The number of aliphatic imine (C=N–C) groups is 1. The van der Waals surface area contributed by atoms with Crippen LogP contribution in [-0.2, 0) is 4.74 Å². The minimum absolute atomic E-state index is 0.539. The maximum Gasteiger partial charge on any atom is 0.191 e. The zero-order valence-corrected chi connectivity index (χ0v) is 18.1. The molecule has 0 spiro atoms. The smallest absolute Gasteiger partial charge is 0.191 e. The maximum absolute atomic E-state index is 5.51. The molecule has 0 aromatic carbocycles. The van der Waals surface area contributed by atoms with E-state index in [0.29, 0.717) is 18.0 Å². The van der Waals surface area contributed by atoms with Crippen LogP contribution in [0.25, 0.3) is 0 Å². The van der Waals surface area contributed by atoms with E-state index in [2.05, 4.69) is 60.2 Å². The van der Waals surface area contributed by atoms with E-state index in [1.807, 2.05) is 7.05 Å². The lowest BCUT2D eigenvalue weighted by Crippen LogP contribution is -2.51. The first kappa shape index (κ1) is 23.2. The molecule has 6 heteroatoms. The molecule has 1 aliphatic rings. The second-order valence-electron chi connectivity index (χ2n) is 8.09. The van der Waals surface area contributed by atoms with Gasteiger partial charge in [-0.25, -0.2) is 0 Å². The number of nitrogens with one attached hydrogen (secondary N) is 2. The predicted octanol–water partition coefficient (Wildman–Crippen LogP) is 2.02. The molecule has 1 heterocycles. The van der Waals surface area contributed by atoms with Gasteiger partial charge in [0.15, 0.2) is 5.96 Å². The zero-order chi connectivity index (χ0) is 19.4. The van der Waals surface area contributed by atoms with Gasteiger partial charge in [-0.3, -0.25) is 9.89 Å². The van der Waals surface area contributed by atoms with E-state index in [0.717, 1.165) is 58.3 Å². The molecule has 1 fully saturated rings. The number of guanidine groups is 1. The topological polar surface area (TPSA) is 52.1 Å². The number of hydrogen-bond acceptors (Lipinski definition) is 4. The minimum Gasteiger partial charge on any atom is -0.379 e. The van der Waals surface area contributed by atoms with Crippen molar-refractivity contribution in [1.29, 1.82) is 0 Å². The fourth-order valence-corrected chi connectivity index (χ4v) is 3.23. The van der Waals surface area contributed by atoms with E-state index in [-0.39, 0.29) is 0 Å². The number of hydrogen-bond donors (Lipinski definition) is 2. The van der Waals surface area contributed by atoms with Gasteiger partial charge in [-0.05, 0) is 52.6 Å². The Labute approximate surface area is 161 Å². The van der Waals surface area contributed by atoms with Crippen molar-refractivity contribution < 1.29 is 4.74 Å². The first-order valence-electron chi connectivity index (χ1n) is 10.4. The molecule has 0 aliphatic carbocycles. The van der Waals surface area contributed by atoms with Gasteiger partial charge in [-0.2, -0.15) is 0 Å². The van der Waals surface area contributed by atoms with Gasteiger partial charge in [0.25, 0.3) is 0 Å². The van der Waals surface area contributed by atoms with Gasteiger partial charge >= 0.3 is 0 Å². The molecule has 1 saturated heterocycles. The van der Waals surface area contributed by atoms with Crippen molar-refractivity contribution in [2.24, 2.45) is 10.9 Å². The molecule has 154 valence electrons. The summed E-state index contributed by atoms with van der Waals surface area (Å²) in [7, 11) is 4.05. The van der Waals surface area contributed by atoms with Crippen LogP contribution in [0.3, 0.4) is 0 Å². The van der Waals surface area contributed by atoms with Crippen LogP contribution in [0.4, 0.5) is 0 Å². The van der Waals surface area contributed by atoms with Crippen molar-refractivity contribution in [3.8, 4) is 0 Å². The lowest BCUT2D eigenvalue weighted by molar-refractivity contribution is 0.0132. The third kappa shape index (κ3) is 9.74. The van der Waals surface area contributed by atoms with E-state index in [1.165, 1.54) is 12.8 Å². The van der Waals surface area contributed by atoms with Crippen LogP contribution in [0.5, 0.6) is 0 Å². The largest absolute Gasteiger partial charge is 0.379 e. The third-order valence-electron chi connectivity index (χ3n) is 5.15. The normalized spacial score (nSPS) is 18.0. The third-order valence-corrected chi connectivity index (χ3v) is 5.15. The Morgan fingerprint density at radius 2 is 1.81 bits per heavy atom. The Bertz CT molecular complexity index is 380. The highest BCUT2D eigenvalue weighted by Gasteiger charge is 2.22. The highest BCUT2D eigenvalue weighted by atomic mass is 16.5. The summed E-state index contributed by atoms with van der Waals surface area (Å²) in [5.74, 6) is 1.61. The predicted molar refractivity (Wildman–Crippen MR) is 112 cm³/mol. The number of nitrogens with zero attached hydrogens (tertiary/aromatic N) is 3. The van der Waals surface area contributed by atoms with Crippen LogP contribution in [0.1, 0.15) is 47.0 Å². The standard InChI is InChI=1S/C20H43N5O/c1-17(2)15-19(25-11-13-26-14-12-25)16-23-20(21-5)22-9-7-8-10-24(6)18(3)4/h17-19H,7-16H2,1-6H3,(H2,21,22,23). The second-order valence-corrected chi connectivity index (χ2v) is 8.09. The quantitative estimate of drug-likeness (QED) is 0.331. The first-order valence-corrected chi connectivity index (χ1v) is 10.4. The second kappa shape index (κ2) is 13.3. The molecule has 1 unspecified atom stereocenters. The molecule has 1 atom stereocenters. The lowest BCUT2D eigenvalue weighted by Gasteiger charge is -2.35. The Morgan fingerprint density at radius 1 is 1.12 bits per heavy atom. The molecule has 0 aromatic rings. The van der Waals surface area contributed by atoms with Crippen molar-refractivity contribution in [2.75, 3.05) is 60.0 Å². The number of morpholine rings is 1. The Kier molecular flexibility index (Phi) is 11.9. The zero-order valence-electron chi connectivity index (χ0n) is 18.1. The summed E-state index contributed by atoms with van der Waals surface area (Å²) in [6.45, 7) is 15.9. The summed E-state index contributed by atoms with van der Waals surface area (Å²) in [4.78, 5) is 9.34. The molecule has 0 saturated carbocycles. The van der Waals surface area contributed by atoms with Crippen molar-refractivity contribution in [2.45, 2.75) is 59.0 Å². The Hall–Kier alpha value is -0.850. The summed E-state index contributed by atoms with van der Waals surface area (Å²) in [5, 5.41) is 7.00. The Morgan fingerprint density at radius 3 is 2.38 bits per heavy atom. The molecule has 1 aliphatic heterocycles. The average Bonchev–Trinajstić information content (AvgIpc) is 2.62. The van der Waals surface area contributed by atoms with Crippen molar-refractivity contribution in [3.05, 3.63) is 0 Å². The van der Waals surface area contributed by atoms with Crippen molar-refractivity contribution in [3.63, 3.8) is 0 Å². The van der Waals surface area contributed by atoms with Gasteiger partial charge in [-0.15, -0.1) is 0 Å². The fraction of sp³-hybridized carbons (Fsp3) is 0.950. The average molecular weight is 370 g/mol. The van der Waals surface area contributed by atoms with E-state index >= 15 is 0 Å². The molecular weight excluding hydrogens is 326 g/mol. The van der Waals surface area contributed by atoms with Gasteiger partial charge < -0.3 is 20.3 Å². The van der Waals surface area contributed by atoms with Gasteiger partial charge in [-0.1, -0.05) is 13.8 Å².